The topological polar surface area (TPSA) is 81.7 Å². The van der Waals surface area contributed by atoms with E-state index in [2.05, 4.69) is 0 Å². The number of carbonyl (C=O) groups is 1. The van der Waals surface area contributed by atoms with Crippen molar-refractivity contribution < 1.29 is 22.7 Å². The molecule has 0 aliphatic rings. The van der Waals surface area contributed by atoms with Crippen molar-refractivity contribution in [3.63, 3.8) is 0 Å². The number of ether oxygens (including phenoxy) is 2. The van der Waals surface area contributed by atoms with Gasteiger partial charge in [-0.3, -0.25) is 4.79 Å². The SMILES string of the molecule is COc1ccc(C(=O)NS(C)(=O)=O)cc1OC. The zero-order valence-corrected chi connectivity index (χ0v) is 10.5. The highest BCUT2D eigenvalue weighted by atomic mass is 32.2. The van der Waals surface area contributed by atoms with Gasteiger partial charge in [0.1, 0.15) is 0 Å². The molecule has 0 aliphatic carbocycles. The minimum Gasteiger partial charge on any atom is -0.493 e. The highest BCUT2D eigenvalue weighted by molar-refractivity contribution is 7.89. The summed E-state index contributed by atoms with van der Waals surface area (Å²) in [6, 6.07) is 4.37. The molecule has 17 heavy (non-hydrogen) atoms. The number of nitrogens with one attached hydrogen (secondary N) is 1. The number of hydrogen-bond acceptors (Lipinski definition) is 5. The first-order valence-electron chi connectivity index (χ1n) is 4.61. The van der Waals surface area contributed by atoms with E-state index < -0.39 is 15.9 Å². The molecule has 1 aromatic rings. The minimum absolute atomic E-state index is 0.174. The molecule has 0 saturated heterocycles. The number of carbonyl (C=O) groups excluding carboxylic acids is 1. The van der Waals surface area contributed by atoms with Crippen LogP contribution in [-0.2, 0) is 10.0 Å². The van der Waals surface area contributed by atoms with E-state index in [1.165, 1.54) is 32.4 Å². The van der Waals surface area contributed by atoms with Crippen molar-refractivity contribution in [2.24, 2.45) is 0 Å². The van der Waals surface area contributed by atoms with Crippen LogP contribution in [0.2, 0.25) is 0 Å². The Labute approximate surface area is 99.6 Å². The molecular weight excluding hydrogens is 246 g/mol. The average Bonchev–Trinajstić information content (AvgIpc) is 2.25. The Morgan fingerprint density at radius 3 is 2.24 bits per heavy atom. The van der Waals surface area contributed by atoms with Crippen LogP contribution in [0.25, 0.3) is 0 Å². The van der Waals surface area contributed by atoms with Crippen LogP contribution in [0, 0.1) is 0 Å². The highest BCUT2D eigenvalue weighted by Gasteiger charge is 2.13. The Morgan fingerprint density at radius 2 is 1.76 bits per heavy atom. The fraction of sp³-hybridized carbons (Fsp3) is 0.300. The van der Waals surface area contributed by atoms with Crippen molar-refractivity contribution >= 4 is 15.9 Å². The number of sulfonamides is 1. The fourth-order valence-corrected chi connectivity index (χ4v) is 1.66. The smallest absolute Gasteiger partial charge is 0.264 e. The van der Waals surface area contributed by atoms with Gasteiger partial charge in [-0.1, -0.05) is 0 Å². The molecule has 0 aromatic heterocycles. The third-order valence-electron chi connectivity index (χ3n) is 1.92. The van der Waals surface area contributed by atoms with Crippen LogP contribution in [0.1, 0.15) is 10.4 Å². The molecule has 1 amide bonds. The summed E-state index contributed by atoms with van der Waals surface area (Å²) >= 11 is 0. The maximum atomic E-state index is 11.5. The number of amides is 1. The Balaban J connectivity index is 3.04. The van der Waals surface area contributed by atoms with Crippen LogP contribution in [-0.4, -0.2) is 34.8 Å². The van der Waals surface area contributed by atoms with Crippen LogP contribution in [0.15, 0.2) is 18.2 Å². The predicted molar refractivity (Wildman–Crippen MR) is 61.9 cm³/mol. The largest absolute Gasteiger partial charge is 0.493 e. The maximum absolute atomic E-state index is 11.5. The quantitative estimate of drug-likeness (QED) is 0.846. The summed E-state index contributed by atoms with van der Waals surface area (Å²) < 4.78 is 33.7. The van der Waals surface area contributed by atoms with E-state index in [9.17, 15) is 13.2 Å². The summed E-state index contributed by atoms with van der Waals surface area (Å²) in [6.45, 7) is 0. The van der Waals surface area contributed by atoms with Crippen molar-refractivity contribution in [1.29, 1.82) is 0 Å². The molecule has 0 atom stereocenters. The van der Waals surface area contributed by atoms with Gasteiger partial charge < -0.3 is 9.47 Å². The first-order valence-corrected chi connectivity index (χ1v) is 6.50. The zero-order valence-electron chi connectivity index (χ0n) is 9.68. The van der Waals surface area contributed by atoms with Crippen molar-refractivity contribution in [2.45, 2.75) is 0 Å². The van der Waals surface area contributed by atoms with Crippen molar-refractivity contribution in [3.05, 3.63) is 23.8 Å². The summed E-state index contributed by atoms with van der Waals surface area (Å²) in [7, 11) is -0.685. The van der Waals surface area contributed by atoms with Crippen LogP contribution in [0.3, 0.4) is 0 Å². The number of rotatable bonds is 4. The van der Waals surface area contributed by atoms with E-state index in [0.29, 0.717) is 11.5 Å². The van der Waals surface area contributed by atoms with Crippen molar-refractivity contribution in [3.8, 4) is 11.5 Å². The summed E-state index contributed by atoms with van der Waals surface area (Å²) in [5.41, 5.74) is 0.174. The Bertz CT molecular complexity index is 523. The lowest BCUT2D eigenvalue weighted by atomic mass is 10.2. The van der Waals surface area contributed by atoms with Gasteiger partial charge in [-0.25, -0.2) is 13.1 Å². The van der Waals surface area contributed by atoms with Gasteiger partial charge in [0.25, 0.3) is 5.91 Å². The molecule has 94 valence electrons. The fourth-order valence-electron chi connectivity index (χ4n) is 1.20. The molecular formula is C10H13NO5S. The highest BCUT2D eigenvalue weighted by Crippen LogP contribution is 2.27. The molecule has 0 radical (unpaired) electrons. The molecule has 6 nitrogen and oxygen atoms in total. The lowest BCUT2D eigenvalue weighted by Gasteiger charge is -2.09. The van der Waals surface area contributed by atoms with E-state index in [1.807, 2.05) is 4.72 Å². The van der Waals surface area contributed by atoms with Gasteiger partial charge in [-0.15, -0.1) is 0 Å². The zero-order chi connectivity index (χ0) is 13.1. The Kier molecular flexibility index (Phi) is 3.95. The second-order valence-electron chi connectivity index (χ2n) is 3.27. The van der Waals surface area contributed by atoms with E-state index in [0.717, 1.165) is 6.26 Å². The standard InChI is InChI=1S/C10H13NO5S/c1-15-8-5-4-7(6-9(8)16-2)10(12)11-17(3,13)14/h4-6H,1-3H3,(H,11,12). The summed E-state index contributed by atoms with van der Waals surface area (Å²) in [5, 5.41) is 0. The van der Waals surface area contributed by atoms with Crippen LogP contribution in [0.4, 0.5) is 0 Å². The molecule has 0 heterocycles. The second-order valence-corrected chi connectivity index (χ2v) is 5.02. The third kappa shape index (κ3) is 3.63. The Morgan fingerprint density at radius 1 is 1.18 bits per heavy atom. The molecule has 0 fully saturated rings. The van der Waals surface area contributed by atoms with Crippen LogP contribution >= 0.6 is 0 Å². The lowest BCUT2D eigenvalue weighted by Crippen LogP contribution is -2.29. The predicted octanol–water partition coefficient (Wildman–Crippen LogP) is 0.393. The van der Waals surface area contributed by atoms with Gasteiger partial charge in [-0.2, -0.15) is 0 Å². The van der Waals surface area contributed by atoms with Crippen molar-refractivity contribution in [1.82, 2.24) is 4.72 Å². The number of hydrogen-bond donors (Lipinski definition) is 1. The van der Waals surface area contributed by atoms with Gasteiger partial charge in [0.15, 0.2) is 11.5 Å². The van der Waals surface area contributed by atoms with Gasteiger partial charge in [0.2, 0.25) is 10.0 Å². The average molecular weight is 259 g/mol. The van der Waals surface area contributed by atoms with E-state index in [1.54, 1.807) is 0 Å². The molecule has 0 spiro atoms. The Hall–Kier alpha value is -1.76. The normalized spacial score (nSPS) is 10.8. The minimum atomic E-state index is -3.58. The molecule has 0 aliphatic heterocycles. The van der Waals surface area contributed by atoms with E-state index in [4.69, 9.17) is 9.47 Å². The molecule has 1 rings (SSSR count). The lowest BCUT2D eigenvalue weighted by molar-refractivity contribution is 0.0981. The van der Waals surface area contributed by atoms with Crippen LogP contribution < -0.4 is 14.2 Å². The van der Waals surface area contributed by atoms with Gasteiger partial charge in [0.05, 0.1) is 20.5 Å². The van der Waals surface area contributed by atoms with E-state index in [-0.39, 0.29) is 5.56 Å². The molecule has 0 saturated carbocycles. The molecule has 7 heteroatoms. The molecule has 1 aromatic carbocycles. The van der Waals surface area contributed by atoms with Gasteiger partial charge in [0, 0.05) is 5.56 Å². The van der Waals surface area contributed by atoms with Crippen molar-refractivity contribution in [2.75, 3.05) is 20.5 Å². The monoisotopic (exact) mass is 259 g/mol. The maximum Gasteiger partial charge on any atom is 0.264 e. The second kappa shape index (κ2) is 5.05. The molecule has 0 unspecified atom stereocenters. The molecule has 1 N–H and O–H groups in total. The summed E-state index contributed by atoms with van der Waals surface area (Å²) in [5.74, 6) is 0.102. The number of methoxy groups -OCH3 is 2. The van der Waals surface area contributed by atoms with E-state index >= 15 is 0 Å². The first-order chi connectivity index (χ1) is 7.87. The number of benzene rings is 1. The van der Waals surface area contributed by atoms with Crippen LogP contribution in [0.5, 0.6) is 11.5 Å². The third-order valence-corrected chi connectivity index (χ3v) is 2.48. The first kappa shape index (κ1) is 13.3. The summed E-state index contributed by atoms with van der Waals surface area (Å²) in [4.78, 5) is 11.5. The van der Waals surface area contributed by atoms with Gasteiger partial charge in [-0.05, 0) is 18.2 Å². The summed E-state index contributed by atoms with van der Waals surface area (Å²) in [6.07, 6.45) is 0.908. The van der Waals surface area contributed by atoms with Gasteiger partial charge >= 0.3 is 0 Å². The molecule has 0 bridgehead atoms.